The van der Waals surface area contributed by atoms with Crippen molar-refractivity contribution < 1.29 is 4.79 Å². The van der Waals surface area contributed by atoms with E-state index in [4.69, 9.17) is 11.6 Å². The molecule has 2 heterocycles. The highest BCUT2D eigenvalue weighted by Gasteiger charge is 2.25. The molecule has 3 rings (SSSR count). The molecule has 0 radical (unpaired) electrons. The Kier molecular flexibility index (Phi) is 4.36. The van der Waals surface area contributed by atoms with E-state index in [9.17, 15) is 4.79 Å². The summed E-state index contributed by atoms with van der Waals surface area (Å²) in [5.41, 5.74) is 4.92. The van der Waals surface area contributed by atoms with Crippen LogP contribution < -0.4 is 4.90 Å². The zero-order valence-electron chi connectivity index (χ0n) is 12.7. The molecule has 4 nitrogen and oxygen atoms in total. The van der Waals surface area contributed by atoms with Gasteiger partial charge in [-0.15, -0.1) is 11.3 Å². The number of piperazine rings is 1. The number of carbonyl (C=O) groups excluding carboxylic acids is 1. The molecule has 116 valence electrons. The third kappa shape index (κ3) is 2.96. The number of hydrogen-bond donors (Lipinski definition) is 0. The van der Waals surface area contributed by atoms with Crippen molar-refractivity contribution in [2.24, 2.45) is 0 Å². The lowest BCUT2D eigenvalue weighted by molar-refractivity contribution is 0.0750. The first-order valence-electron chi connectivity index (χ1n) is 7.26. The van der Waals surface area contributed by atoms with Crippen molar-refractivity contribution in [3.63, 3.8) is 0 Å². The smallest absolute Gasteiger partial charge is 0.265 e. The number of thiazole rings is 1. The maximum atomic E-state index is 12.5. The molecule has 0 aliphatic carbocycles. The van der Waals surface area contributed by atoms with Crippen LogP contribution in [0.4, 0.5) is 5.69 Å². The van der Waals surface area contributed by atoms with Crippen LogP contribution in [0.25, 0.3) is 0 Å². The Morgan fingerprint density at radius 2 is 1.95 bits per heavy atom. The molecule has 1 fully saturated rings. The first kappa shape index (κ1) is 15.3. The Morgan fingerprint density at radius 1 is 1.23 bits per heavy atom. The predicted octanol–water partition coefficient (Wildman–Crippen LogP) is 3.38. The normalized spacial score (nSPS) is 15.2. The number of halogens is 1. The van der Waals surface area contributed by atoms with Crippen LogP contribution in [0.3, 0.4) is 0 Å². The summed E-state index contributed by atoms with van der Waals surface area (Å²) in [7, 11) is 0. The highest BCUT2D eigenvalue weighted by molar-refractivity contribution is 7.11. The topological polar surface area (TPSA) is 36.4 Å². The van der Waals surface area contributed by atoms with Crippen molar-refractivity contribution in [1.82, 2.24) is 9.88 Å². The van der Waals surface area contributed by atoms with Gasteiger partial charge in [0.15, 0.2) is 0 Å². The molecule has 1 aliphatic rings. The van der Waals surface area contributed by atoms with Crippen LogP contribution in [-0.2, 0) is 0 Å². The van der Waals surface area contributed by atoms with E-state index in [1.807, 2.05) is 30.0 Å². The van der Waals surface area contributed by atoms with Gasteiger partial charge in [0.1, 0.15) is 4.88 Å². The minimum absolute atomic E-state index is 0.0995. The first-order valence-corrected chi connectivity index (χ1v) is 8.52. The Bertz CT molecular complexity index is 692. The third-order valence-corrected chi connectivity index (χ3v) is 5.17. The molecule has 22 heavy (non-hydrogen) atoms. The minimum atomic E-state index is 0.0995. The van der Waals surface area contributed by atoms with E-state index in [1.54, 1.807) is 5.51 Å². The van der Waals surface area contributed by atoms with Gasteiger partial charge in [0.05, 0.1) is 11.2 Å². The predicted molar refractivity (Wildman–Crippen MR) is 91.2 cm³/mol. The average Bonchev–Trinajstić information content (AvgIpc) is 2.95. The Labute approximate surface area is 139 Å². The highest BCUT2D eigenvalue weighted by Crippen LogP contribution is 2.26. The number of amides is 1. The van der Waals surface area contributed by atoms with Gasteiger partial charge < -0.3 is 9.80 Å². The highest BCUT2D eigenvalue weighted by atomic mass is 35.5. The van der Waals surface area contributed by atoms with E-state index in [0.29, 0.717) is 0 Å². The van der Waals surface area contributed by atoms with Crippen LogP contribution in [0.5, 0.6) is 0 Å². The van der Waals surface area contributed by atoms with E-state index in [0.717, 1.165) is 47.5 Å². The third-order valence-electron chi connectivity index (χ3n) is 4.02. The second-order valence-corrected chi connectivity index (χ2v) is 6.77. The van der Waals surface area contributed by atoms with Crippen molar-refractivity contribution in [2.45, 2.75) is 13.8 Å². The minimum Gasteiger partial charge on any atom is -0.368 e. The molecule has 1 aliphatic heterocycles. The van der Waals surface area contributed by atoms with E-state index in [-0.39, 0.29) is 5.91 Å². The molecule has 1 aromatic carbocycles. The number of anilines is 1. The van der Waals surface area contributed by atoms with Gasteiger partial charge in [0.25, 0.3) is 5.91 Å². The van der Waals surface area contributed by atoms with Crippen molar-refractivity contribution in [2.75, 3.05) is 31.1 Å². The number of rotatable bonds is 2. The summed E-state index contributed by atoms with van der Waals surface area (Å²) >= 11 is 7.52. The number of carbonyl (C=O) groups is 1. The van der Waals surface area contributed by atoms with Gasteiger partial charge in [-0.1, -0.05) is 17.7 Å². The fourth-order valence-electron chi connectivity index (χ4n) is 2.72. The van der Waals surface area contributed by atoms with Crippen LogP contribution in [0.15, 0.2) is 23.7 Å². The summed E-state index contributed by atoms with van der Waals surface area (Å²) < 4.78 is 0. The molecule has 0 N–H and O–H groups in total. The summed E-state index contributed by atoms with van der Waals surface area (Å²) in [6.45, 7) is 7.07. The number of benzene rings is 1. The molecule has 0 unspecified atom stereocenters. The molecular weight excluding hydrogens is 318 g/mol. The molecule has 6 heteroatoms. The number of aryl methyl sites for hydroxylation is 2. The van der Waals surface area contributed by atoms with Crippen molar-refractivity contribution in [1.29, 1.82) is 0 Å². The van der Waals surface area contributed by atoms with Crippen LogP contribution in [0.2, 0.25) is 5.02 Å². The van der Waals surface area contributed by atoms with Gasteiger partial charge in [-0.2, -0.15) is 0 Å². The average molecular weight is 336 g/mol. The van der Waals surface area contributed by atoms with Crippen molar-refractivity contribution in [3.8, 4) is 0 Å². The van der Waals surface area contributed by atoms with Gasteiger partial charge in [-0.25, -0.2) is 4.98 Å². The Hall–Kier alpha value is -1.59. The Morgan fingerprint density at radius 3 is 2.59 bits per heavy atom. The first-order chi connectivity index (χ1) is 10.6. The maximum Gasteiger partial charge on any atom is 0.265 e. The molecule has 1 aromatic heterocycles. The Balaban J connectivity index is 1.69. The molecule has 0 saturated carbocycles. The van der Waals surface area contributed by atoms with Gasteiger partial charge in [-0.3, -0.25) is 4.79 Å². The number of aromatic nitrogens is 1. The molecular formula is C16H18ClN3OS. The van der Waals surface area contributed by atoms with Crippen molar-refractivity contribution in [3.05, 3.63) is 44.9 Å². The monoisotopic (exact) mass is 335 g/mol. The van der Waals surface area contributed by atoms with Crippen molar-refractivity contribution >= 4 is 34.5 Å². The van der Waals surface area contributed by atoms with Crippen LogP contribution in [0, 0.1) is 13.8 Å². The summed E-state index contributed by atoms with van der Waals surface area (Å²) in [5, 5.41) is 0.749. The van der Waals surface area contributed by atoms with Gasteiger partial charge >= 0.3 is 0 Å². The van der Waals surface area contributed by atoms with Gasteiger partial charge in [-0.05, 0) is 31.5 Å². The summed E-state index contributed by atoms with van der Waals surface area (Å²) in [4.78, 5) is 21.6. The lowest BCUT2D eigenvalue weighted by Gasteiger charge is -2.36. The SMILES string of the molecule is Cc1ccc(Cl)cc1N1CCN(C(=O)c2scnc2C)CC1. The number of hydrogen-bond acceptors (Lipinski definition) is 4. The fraction of sp³-hybridized carbons (Fsp3) is 0.375. The van der Waals surface area contributed by atoms with Gasteiger partial charge in [0.2, 0.25) is 0 Å². The second-order valence-electron chi connectivity index (χ2n) is 5.48. The van der Waals surface area contributed by atoms with E-state index in [1.165, 1.54) is 16.9 Å². The largest absolute Gasteiger partial charge is 0.368 e. The number of nitrogens with zero attached hydrogens (tertiary/aromatic N) is 3. The maximum absolute atomic E-state index is 12.5. The molecule has 0 spiro atoms. The second kappa shape index (κ2) is 6.26. The molecule has 0 atom stereocenters. The summed E-state index contributed by atoms with van der Waals surface area (Å²) in [6, 6.07) is 5.95. The lowest BCUT2D eigenvalue weighted by atomic mass is 10.1. The quantitative estimate of drug-likeness (QED) is 0.844. The zero-order chi connectivity index (χ0) is 15.7. The van der Waals surface area contributed by atoms with Crippen LogP contribution in [-0.4, -0.2) is 42.0 Å². The summed E-state index contributed by atoms with van der Waals surface area (Å²) in [5.74, 6) is 0.0995. The van der Waals surface area contributed by atoms with E-state index >= 15 is 0 Å². The van der Waals surface area contributed by atoms with Crippen LogP contribution >= 0.6 is 22.9 Å². The van der Waals surface area contributed by atoms with E-state index < -0.39 is 0 Å². The van der Waals surface area contributed by atoms with Gasteiger partial charge in [0, 0.05) is 36.9 Å². The zero-order valence-corrected chi connectivity index (χ0v) is 14.2. The summed E-state index contributed by atoms with van der Waals surface area (Å²) in [6.07, 6.45) is 0. The lowest BCUT2D eigenvalue weighted by Crippen LogP contribution is -2.49. The standard InChI is InChI=1S/C16H18ClN3OS/c1-11-3-4-13(17)9-14(11)19-5-7-20(8-6-19)16(21)15-12(2)18-10-22-15/h3-4,9-10H,5-8H2,1-2H3. The molecule has 1 amide bonds. The van der Waals surface area contributed by atoms with E-state index in [2.05, 4.69) is 16.8 Å². The molecule has 0 bridgehead atoms. The van der Waals surface area contributed by atoms with Crippen LogP contribution in [0.1, 0.15) is 20.9 Å². The molecule has 1 saturated heterocycles. The molecule has 2 aromatic rings. The fourth-order valence-corrected chi connectivity index (χ4v) is 3.66.